The summed E-state index contributed by atoms with van der Waals surface area (Å²) in [5.41, 5.74) is 1.02. The van der Waals surface area contributed by atoms with Crippen molar-refractivity contribution < 1.29 is 4.74 Å². The average Bonchev–Trinajstić information content (AvgIpc) is 2.92. The van der Waals surface area contributed by atoms with Crippen LogP contribution < -0.4 is 10.1 Å². The molecular weight excluding hydrogens is 250 g/mol. The van der Waals surface area contributed by atoms with E-state index in [0.717, 1.165) is 36.2 Å². The van der Waals surface area contributed by atoms with E-state index >= 15 is 0 Å². The van der Waals surface area contributed by atoms with E-state index in [1.54, 1.807) is 0 Å². The average molecular weight is 277 g/mol. The predicted octanol–water partition coefficient (Wildman–Crippen LogP) is 3.91. The van der Waals surface area contributed by atoms with Crippen molar-refractivity contribution in [1.29, 1.82) is 0 Å². The first-order chi connectivity index (χ1) is 9.61. The monoisotopic (exact) mass is 277 g/mol. The molecular formula is C16H27N3O. The standard InChI is InChI=1S/C16H27N3O/c1-5-17-15-12(4)16(19-14(18-15)11(2)3)20-10-13-8-6-7-9-13/h11,13H,5-10H2,1-4H3,(H,17,18,19). The van der Waals surface area contributed by atoms with E-state index in [4.69, 9.17) is 4.74 Å². The van der Waals surface area contributed by atoms with Gasteiger partial charge >= 0.3 is 0 Å². The van der Waals surface area contributed by atoms with Crippen molar-refractivity contribution in [3.8, 4) is 5.88 Å². The minimum Gasteiger partial charge on any atom is -0.477 e. The van der Waals surface area contributed by atoms with Gasteiger partial charge in [0, 0.05) is 12.5 Å². The molecule has 0 unspecified atom stereocenters. The van der Waals surface area contributed by atoms with Gasteiger partial charge in [-0.1, -0.05) is 26.7 Å². The van der Waals surface area contributed by atoms with Crippen molar-refractivity contribution in [2.75, 3.05) is 18.5 Å². The summed E-state index contributed by atoms with van der Waals surface area (Å²) >= 11 is 0. The minimum absolute atomic E-state index is 0.307. The van der Waals surface area contributed by atoms with Gasteiger partial charge in [-0.25, -0.2) is 4.98 Å². The zero-order chi connectivity index (χ0) is 14.5. The Kier molecular flexibility index (Phi) is 5.21. The van der Waals surface area contributed by atoms with Gasteiger partial charge in [0.2, 0.25) is 5.88 Å². The van der Waals surface area contributed by atoms with Crippen LogP contribution in [0.25, 0.3) is 0 Å². The van der Waals surface area contributed by atoms with Crippen molar-refractivity contribution in [3.05, 3.63) is 11.4 Å². The third-order valence-electron chi connectivity index (χ3n) is 3.91. The Morgan fingerprint density at radius 1 is 1.25 bits per heavy atom. The molecule has 0 bridgehead atoms. The second-order valence-corrected chi connectivity index (χ2v) is 6.01. The SMILES string of the molecule is CCNc1nc(C(C)C)nc(OCC2CCCC2)c1C. The van der Waals surface area contributed by atoms with Gasteiger partial charge in [-0.2, -0.15) is 4.98 Å². The highest BCUT2D eigenvalue weighted by Crippen LogP contribution is 2.28. The summed E-state index contributed by atoms with van der Waals surface area (Å²) in [6.07, 6.45) is 5.27. The van der Waals surface area contributed by atoms with Crippen LogP contribution >= 0.6 is 0 Å². The maximum atomic E-state index is 6.01. The van der Waals surface area contributed by atoms with Crippen LogP contribution in [0.5, 0.6) is 5.88 Å². The number of hydrogen-bond donors (Lipinski definition) is 1. The molecule has 4 nitrogen and oxygen atoms in total. The molecule has 0 radical (unpaired) electrons. The van der Waals surface area contributed by atoms with Gasteiger partial charge < -0.3 is 10.1 Å². The summed E-state index contributed by atoms with van der Waals surface area (Å²) in [7, 11) is 0. The Labute approximate surface area is 122 Å². The summed E-state index contributed by atoms with van der Waals surface area (Å²) in [6, 6.07) is 0. The van der Waals surface area contributed by atoms with Gasteiger partial charge in [-0.05, 0) is 32.6 Å². The van der Waals surface area contributed by atoms with E-state index in [-0.39, 0.29) is 0 Å². The van der Waals surface area contributed by atoms with Gasteiger partial charge in [0.15, 0.2) is 0 Å². The topological polar surface area (TPSA) is 47.0 Å². The number of rotatable bonds is 6. The smallest absolute Gasteiger partial charge is 0.221 e. The van der Waals surface area contributed by atoms with Crippen LogP contribution in [0.4, 0.5) is 5.82 Å². The third kappa shape index (κ3) is 3.62. The molecule has 1 aromatic rings. The van der Waals surface area contributed by atoms with E-state index in [0.29, 0.717) is 11.8 Å². The molecule has 1 saturated carbocycles. The molecule has 0 spiro atoms. The quantitative estimate of drug-likeness (QED) is 0.856. The van der Waals surface area contributed by atoms with Gasteiger partial charge in [0.25, 0.3) is 0 Å². The molecule has 1 aromatic heterocycles. The van der Waals surface area contributed by atoms with Crippen molar-refractivity contribution in [1.82, 2.24) is 9.97 Å². The van der Waals surface area contributed by atoms with Crippen molar-refractivity contribution in [3.63, 3.8) is 0 Å². The number of nitrogens with zero attached hydrogens (tertiary/aromatic N) is 2. The van der Waals surface area contributed by atoms with E-state index in [1.165, 1.54) is 25.7 Å². The fourth-order valence-electron chi connectivity index (χ4n) is 2.62. The van der Waals surface area contributed by atoms with E-state index in [1.807, 2.05) is 6.92 Å². The van der Waals surface area contributed by atoms with Crippen molar-refractivity contribution in [2.45, 2.75) is 59.3 Å². The van der Waals surface area contributed by atoms with E-state index in [9.17, 15) is 0 Å². The maximum Gasteiger partial charge on any atom is 0.221 e. The van der Waals surface area contributed by atoms with E-state index < -0.39 is 0 Å². The first-order valence-corrected chi connectivity index (χ1v) is 7.87. The molecule has 0 saturated heterocycles. The molecule has 0 aliphatic heterocycles. The lowest BCUT2D eigenvalue weighted by atomic mass is 10.1. The summed E-state index contributed by atoms with van der Waals surface area (Å²) < 4.78 is 6.01. The lowest BCUT2D eigenvalue weighted by Gasteiger charge is -2.17. The number of aromatic nitrogens is 2. The molecule has 1 aliphatic rings. The molecule has 1 aliphatic carbocycles. The van der Waals surface area contributed by atoms with Crippen molar-refractivity contribution >= 4 is 5.82 Å². The largest absolute Gasteiger partial charge is 0.477 e. The fourth-order valence-corrected chi connectivity index (χ4v) is 2.62. The summed E-state index contributed by atoms with van der Waals surface area (Å²) in [5.74, 6) is 3.53. The lowest BCUT2D eigenvalue weighted by Crippen LogP contribution is -2.13. The lowest BCUT2D eigenvalue weighted by molar-refractivity contribution is 0.241. The zero-order valence-electron chi connectivity index (χ0n) is 13.2. The minimum atomic E-state index is 0.307. The molecule has 4 heteroatoms. The highest BCUT2D eigenvalue weighted by molar-refractivity contribution is 5.48. The predicted molar refractivity (Wildman–Crippen MR) is 82.5 cm³/mol. The van der Waals surface area contributed by atoms with Crippen LogP contribution in [-0.4, -0.2) is 23.1 Å². The van der Waals surface area contributed by atoms with Gasteiger partial charge in [0.1, 0.15) is 11.6 Å². The number of hydrogen-bond acceptors (Lipinski definition) is 4. The van der Waals surface area contributed by atoms with Crippen LogP contribution in [0.1, 0.15) is 63.8 Å². The molecule has 0 aromatic carbocycles. The Bertz CT molecular complexity index is 440. The molecule has 0 amide bonds. The van der Waals surface area contributed by atoms with Crippen LogP contribution in [0.15, 0.2) is 0 Å². The molecule has 1 N–H and O–H groups in total. The highest BCUT2D eigenvalue weighted by Gasteiger charge is 2.18. The number of nitrogens with one attached hydrogen (secondary N) is 1. The normalized spacial score (nSPS) is 15.8. The molecule has 2 rings (SSSR count). The Morgan fingerprint density at radius 2 is 1.95 bits per heavy atom. The highest BCUT2D eigenvalue weighted by atomic mass is 16.5. The third-order valence-corrected chi connectivity index (χ3v) is 3.91. The number of anilines is 1. The summed E-state index contributed by atoms with van der Waals surface area (Å²) in [4.78, 5) is 9.20. The van der Waals surface area contributed by atoms with Crippen LogP contribution in [0.2, 0.25) is 0 Å². The van der Waals surface area contributed by atoms with Gasteiger partial charge in [-0.15, -0.1) is 0 Å². The first-order valence-electron chi connectivity index (χ1n) is 7.87. The molecule has 112 valence electrons. The Balaban J connectivity index is 2.15. The molecule has 0 atom stereocenters. The van der Waals surface area contributed by atoms with Gasteiger partial charge in [0.05, 0.1) is 12.2 Å². The second-order valence-electron chi connectivity index (χ2n) is 6.01. The molecule has 1 heterocycles. The second kappa shape index (κ2) is 6.91. The first kappa shape index (κ1) is 15.1. The summed E-state index contributed by atoms with van der Waals surface area (Å²) in [5, 5.41) is 3.31. The fraction of sp³-hybridized carbons (Fsp3) is 0.750. The number of ether oxygens (including phenoxy) is 1. The van der Waals surface area contributed by atoms with Gasteiger partial charge in [-0.3, -0.25) is 0 Å². The van der Waals surface area contributed by atoms with Crippen LogP contribution in [0, 0.1) is 12.8 Å². The maximum absolute atomic E-state index is 6.01. The summed E-state index contributed by atoms with van der Waals surface area (Å²) in [6.45, 7) is 9.99. The zero-order valence-corrected chi connectivity index (χ0v) is 13.2. The van der Waals surface area contributed by atoms with E-state index in [2.05, 4.69) is 36.1 Å². The van der Waals surface area contributed by atoms with Crippen molar-refractivity contribution in [2.24, 2.45) is 5.92 Å². The molecule has 20 heavy (non-hydrogen) atoms. The van der Waals surface area contributed by atoms with Crippen LogP contribution in [-0.2, 0) is 0 Å². The van der Waals surface area contributed by atoms with Crippen LogP contribution in [0.3, 0.4) is 0 Å². The molecule has 1 fully saturated rings. The Morgan fingerprint density at radius 3 is 2.55 bits per heavy atom. The Hall–Kier alpha value is -1.32.